The van der Waals surface area contributed by atoms with Gasteiger partial charge >= 0.3 is 0 Å². The van der Waals surface area contributed by atoms with E-state index in [1.54, 1.807) is 6.20 Å². The van der Waals surface area contributed by atoms with Gasteiger partial charge in [-0.25, -0.2) is 9.07 Å². The van der Waals surface area contributed by atoms with Crippen molar-refractivity contribution in [2.24, 2.45) is 5.92 Å². The molecule has 1 aliphatic carbocycles. The first kappa shape index (κ1) is 18.0. The molecule has 3 heterocycles. The highest BCUT2D eigenvalue weighted by atomic mass is 19.1. The van der Waals surface area contributed by atoms with Gasteiger partial charge in [-0.1, -0.05) is 48.4 Å². The second kappa shape index (κ2) is 7.06. The molecule has 7 heteroatoms. The van der Waals surface area contributed by atoms with Crippen molar-refractivity contribution in [2.45, 2.75) is 37.8 Å². The Labute approximate surface area is 168 Å². The maximum absolute atomic E-state index is 13.4. The predicted molar refractivity (Wildman–Crippen MR) is 105 cm³/mol. The first-order valence-corrected chi connectivity index (χ1v) is 10.0. The molecule has 6 nitrogen and oxygen atoms in total. The molecule has 3 aromatic rings. The molecule has 1 saturated heterocycles. The summed E-state index contributed by atoms with van der Waals surface area (Å²) in [7, 11) is 0. The van der Waals surface area contributed by atoms with Crippen LogP contribution in [0.4, 0.5) is 4.39 Å². The molecule has 2 aliphatic rings. The summed E-state index contributed by atoms with van der Waals surface area (Å²) in [6.07, 6.45) is 8.88. The molecule has 148 valence electrons. The predicted octanol–water partition coefficient (Wildman–Crippen LogP) is 3.41. The molecule has 29 heavy (non-hydrogen) atoms. The fourth-order valence-corrected chi connectivity index (χ4v) is 4.97. The van der Waals surface area contributed by atoms with Gasteiger partial charge in [-0.05, 0) is 24.5 Å². The minimum Gasteiger partial charge on any atom is -0.331 e. The Morgan fingerprint density at radius 2 is 2.07 bits per heavy atom. The van der Waals surface area contributed by atoms with Gasteiger partial charge in [0.1, 0.15) is 18.1 Å². The number of carbonyl (C=O) groups is 1. The van der Waals surface area contributed by atoms with Crippen molar-refractivity contribution in [3.63, 3.8) is 0 Å². The SMILES string of the molecule is O=C(Cn1cc(-c2cncc(F)c2)nn1)N1CC2CCCCC21c1ccccc1. The van der Waals surface area contributed by atoms with Gasteiger partial charge in [0, 0.05) is 24.2 Å². The second-order valence-electron chi connectivity index (χ2n) is 7.93. The Balaban J connectivity index is 1.37. The van der Waals surface area contributed by atoms with Crippen LogP contribution in [-0.4, -0.2) is 37.3 Å². The molecule has 2 fully saturated rings. The molecule has 2 atom stereocenters. The van der Waals surface area contributed by atoms with Crippen molar-refractivity contribution in [1.82, 2.24) is 24.9 Å². The lowest BCUT2D eigenvalue weighted by Crippen LogP contribution is -2.68. The van der Waals surface area contributed by atoms with Crippen LogP contribution in [0.25, 0.3) is 11.3 Å². The van der Waals surface area contributed by atoms with Crippen LogP contribution in [-0.2, 0) is 16.9 Å². The van der Waals surface area contributed by atoms with Gasteiger partial charge in [-0.15, -0.1) is 5.10 Å². The zero-order chi connectivity index (χ0) is 19.8. The largest absolute Gasteiger partial charge is 0.331 e. The summed E-state index contributed by atoms with van der Waals surface area (Å²) in [6.45, 7) is 0.917. The van der Waals surface area contributed by atoms with Gasteiger partial charge in [-0.3, -0.25) is 9.78 Å². The highest BCUT2D eigenvalue weighted by Crippen LogP contribution is 2.53. The summed E-state index contributed by atoms with van der Waals surface area (Å²) >= 11 is 0. The smallest absolute Gasteiger partial charge is 0.245 e. The molecule has 2 unspecified atom stereocenters. The third-order valence-electron chi connectivity index (χ3n) is 6.33. The van der Waals surface area contributed by atoms with Crippen LogP contribution < -0.4 is 0 Å². The van der Waals surface area contributed by atoms with E-state index in [9.17, 15) is 9.18 Å². The summed E-state index contributed by atoms with van der Waals surface area (Å²) in [5.74, 6) is 0.134. The number of halogens is 1. The van der Waals surface area contributed by atoms with Crippen molar-refractivity contribution in [2.75, 3.05) is 6.54 Å². The lowest BCUT2D eigenvalue weighted by Gasteiger charge is -2.61. The van der Waals surface area contributed by atoms with Crippen molar-refractivity contribution in [3.05, 3.63) is 66.4 Å². The van der Waals surface area contributed by atoms with Gasteiger partial charge in [0.15, 0.2) is 0 Å². The Hall–Kier alpha value is -3.09. The van der Waals surface area contributed by atoms with E-state index in [2.05, 4.69) is 27.4 Å². The third-order valence-corrected chi connectivity index (χ3v) is 6.33. The van der Waals surface area contributed by atoms with E-state index in [1.807, 2.05) is 23.1 Å². The fourth-order valence-electron chi connectivity index (χ4n) is 4.97. The zero-order valence-corrected chi connectivity index (χ0v) is 16.0. The molecule has 2 aromatic heterocycles. The highest BCUT2D eigenvalue weighted by molar-refractivity contribution is 5.78. The Bertz CT molecular complexity index is 1040. The van der Waals surface area contributed by atoms with Crippen LogP contribution in [0, 0.1) is 11.7 Å². The third kappa shape index (κ3) is 3.01. The van der Waals surface area contributed by atoms with Crippen molar-refractivity contribution >= 4 is 5.91 Å². The van der Waals surface area contributed by atoms with Crippen LogP contribution in [0.3, 0.4) is 0 Å². The molecule has 5 rings (SSSR count). The van der Waals surface area contributed by atoms with E-state index < -0.39 is 5.82 Å². The van der Waals surface area contributed by atoms with Crippen molar-refractivity contribution in [3.8, 4) is 11.3 Å². The number of amides is 1. The molecule has 0 N–H and O–H groups in total. The summed E-state index contributed by atoms with van der Waals surface area (Å²) in [5.41, 5.74) is 2.09. The van der Waals surface area contributed by atoms with E-state index in [4.69, 9.17) is 0 Å². The molecule has 0 radical (unpaired) electrons. The average Bonchev–Trinajstić information content (AvgIpc) is 3.18. The second-order valence-corrected chi connectivity index (χ2v) is 7.93. The van der Waals surface area contributed by atoms with Gasteiger partial charge in [0.2, 0.25) is 5.91 Å². The molecular formula is C22H22FN5O. The van der Waals surface area contributed by atoms with Crippen LogP contribution in [0.15, 0.2) is 55.0 Å². The Morgan fingerprint density at radius 1 is 1.21 bits per heavy atom. The minimum absolute atomic E-state index is 0.0424. The number of hydrogen-bond acceptors (Lipinski definition) is 4. The minimum atomic E-state index is -0.429. The van der Waals surface area contributed by atoms with Crippen molar-refractivity contribution in [1.29, 1.82) is 0 Å². The van der Waals surface area contributed by atoms with Gasteiger partial charge in [0.05, 0.1) is 17.9 Å². The van der Waals surface area contributed by atoms with E-state index in [0.717, 1.165) is 25.6 Å². The topological polar surface area (TPSA) is 63.9 Å². The van der Waals surface area contributed by atoms with Crippen LogP contribution >= 0.6 is 0 Å². The van der Waals surface area contributed by atoms with E-state index >= 15 is 0 Å². The zero-order valence-electron chi connectivity index (χ0n) is 16.0. The van der Waals surface area contributed by atoms with Crippen LogP contribution in [0.5, 0.6) is 0 Å². The number of rotatable bonds is 4. The van der Waals surface area contributed by atoms with Crippen LogP contribution in [0.2, 0.25) is 0 Å². The number of aromatic nitrogens is 4. The highest BCUT2D eigenvalue weighted by Gasteiger charge is 2.56. The number of likely N-dealkylation sites (tertiary alicyclic amines) is 1. The summed E-state index contributed by atoms with van der Waals surface area (Å²) < 4.78 is 14.9. The first-order chi connectivity index (χ1) is 14.2. The number of pyridine rings is 1. The molecule has 0 spiro atoms. The lowest BCUT2D eigenvalue weighted by molar-refractivity contribution is -0.167. The van der Waals surface area contributed by atoms with E-state index in [1.165, 1.54) is 35.4 Å². The number of carbonyl (C=O) groups excluding carboxylic acids is 1. The fraction of sp³-hybridized carbons (Fsp3) is 0.364. The van der Waals surface area contributed by atoms with Crippen molar-refractivity contribution < 1.29 is 9.18 Å². The maximum atomic E-state index is 13.4. The molecule has 1 aromatic carbocycles. The average molecular weight is 391 g/mol. The lowest BCUT2D eigenvalue weighted by atomic mass is 9.61. The first-order valence-electron chi connectivity index (χ1n) is 10.0. The number of hydrogen-bond donors (Lipinski definition) is 0. The quantitative estimate of drug-likeness (QED) is 0.684. The molecular weight excluding hydrogens is 369 g/mol. The normalized spacial score (nSPS) is 23.3. The van der Waals surface area contributed by atoms with E-state index in [-0.39, 0.29) is 18.0 Å². The maximum Gasteiger partial charge on any atom is 0.245 e. The molecule has 1 saturated carbocycles. The summed E-state index contributed by atoms with van der Waals surface area (Å²) in [6, 6.07) is 11.8. The van der Waals surface area contributed by atoms with Gasteiger partial charge < -0.3 is 4.90 Å². The molecule has 1 aliphatic heterocycles. The Kier molecular flexibility index (Phi) is 4.38. The van der Waals surface area contributed by atoms with E-state index in [0.29, 0.717) is 17.2 Å². The Morgan fingerprint density at radius 3 is 2.86 bits per heavy atom. The number of fused-ring (bicyclic) bond motifs is 1. The summed E-state index contributed by atoms with van der Waals surface area (Å²) in [5, 5.41) is 8.15. The number of benzene rings is 1. The van der Waals surface area contributed by atoms with Gasteiger partial charge in [-0.2, -0.15) is 0 Å². The molecule has 1 amide bonds. The van der Waals surface area contributed by atoms with Gasteiger partial charge in [0.25, 0.3) is 0 Å². The van der Waals surface area contributed by atoms with Crippen LogP contribution in [0.1, 0.15) is 31.2 Å². The molecule has 0 bridgehead atoms. The standard InChI is InChI=1S/C22H22FN5O/c23-19-10-16(11-24-12-19)20-14-27(26-25-20)15-21(29)28-13-18-8-4-5-9-22(18,28)17-6-2-1-3-7-17/h1-3,6-7,10-12,14,18H,4-5,8-9,13,15H2. The summed E-state index contributed by atoms with van der Waals surface area (Å²) in [4.78, 5) is 19.1. The monoisotopic (exact) mass is 391 g/mol. The number of nitrogens with zero attached hydrogens (tertiary/aromatic N) is 5.